The third-order valence-corrected chi connectivity index (χ3v) is 5.71. The minimum absolute atomic E-state index is 0.130. The largest absolute Gasteiger partial charge is 0.516 e. The standard InChI is InChI=1S/C14H11Cl2F4N3O2S/c15-8-5-9(17)12(6-11(8)22-26(24,25)14(18,19)20)23-13(16)7-3-1-2-4-10(7)21-23/h5-6,22H,1-4H2. The lowest BCUT2D eigenvalue weighted by molar-refractivity contribution is -0.0429. The molecule has 0 saturated carbocycles. The Morgan fingerprint density at radius 1 is 1.15 bits per heavy atom. The van der Waals surface area contributed by atoms with Crippen molar-refractivity contribution in [3.05, 3.63) is 39.4 Å². The first kappa shape index (κ1) is 19.2. The Balaban J connectivity index is 2.09. The van der Waals surface area contributed by atoms with Gasteiger partial charge in [0.2, 0.25) is 0 Å². The molecule has 1 N–H and O–H groups in total. The molecule has 12 heteroatoms. The average Bonchev–Trinajstić information content (AvgIpc) is 2.86. The van der Waals surface area contributed by atoms with Crippen molar-refractivity contribution in [1.82, 2.24) is 9.78 Å². The van der Waals surface area contributed by atoms with Crippen LogP contribution in [0.15, 0.2) is 12.1 Å². The number of aromatic nitrogens is 2. The number of nitrogens with one attached hydrogen (secondary N) is 1. The van der Waals surface area contributed by atoms with E-state index >= 15 is 0 Å². The molecule has 142 valence electrons. The van der Waals surface area contributed by atoms with Crippen molar-refractivity contribution in [2.75, 3.05) is 4.72 Å². The van der Waals surface area contributed by atoms with Gasteiger partial charge in [0.15, 0.2) is 5.82 Å². The predicted octanol–water partition coefficient (Wildman–Crippen LogP) is 4.46. The van der Waals surface area contributed by atoms with Gasteiger partial charge in [-0.1, -0.05) is 23.2 Å². The maximum Gasteiger partial charge on any atom is 0.516 e. The van der Waals surface area contributed by atoms with Gasteiger partial charge < -0.3 is 0 Å². The van der Waals surface area contributed by atoms with Gasteiger partial charge in [-0.05, 0) is 37.8 Å². The molecule has 1 aromatic carbocycles. The quantitative estimate of drug-likeness (QED) is 0.729. The summed E-state index contributed by atoms with van der Waals surface area (Å²) in [5, 5.41) is 3.79. The van der Waals surface area contributed by atoms with Crippen molar-refractivity contribution in [3.63, 3.8) is 0 Å². The summed E-state index contributed by atoms with van der Waals surface area (Å²) in [4.78, 5) is 0. The second-order valence-electron chi connectivity index (χ2n) is 5.67. The van der Waals surface area contributed by atoms with Gasteiger partial charge in [-0.15, -0.1) is 0 Å². The average molecular weight is 432 g/mol. The fourth-order valence-corrected chi connectivity index (χ4v) is 3.81. The molecule has 0 spiro atoms. The molecule has 0 fully saturated rings. The molecular formula is C14H11Cl2F4N3O2S. The normalized spacial score (nSPS) is 15.0. The van der Waals surface area contributed by atoms with Crippen LogP contribution in [0.1, 0.15) is 24.1 Å². The lowest BCUT2D eigenvalue weighted by Gasteiger charge is -2.14. The van der Waals surface area contributed by atoms with E-state index in [1.165, 1.54) is 4.72 Å². The topological polar surface area (TPSA) is 64.0 Å². The molecule has 0 radical (unpaired) electrons. The summed E-state index contributed by atoms with van der Waals surface area (Å²) in [6.45, 7) is 0. The highest BCUT2D eigenvalue weighted by Crippen LogP contribution is 2.35. The van der Waals surface area contributed by atoms with Gasteiger partial charge in [0.1, 0.15) is 10.8 Å². The molecule has 0 unspecified atom stereocenters. The van der Waals surface area contributed by atoms with E-state index in [1.807, 2.05) is 0 Å². The molecular weight excluding hydrogens is 421 g/mol. The van der Waals surface area contributed by atoms with Crippen LogP contribution in [-0.4, -0.2) is 23.7 Å². The van der Waals surface area contributed by atoms with Gasteiger partial charge >= 0.3 is 15.5 Å². The highest BCUT2D eigenvalue weighted by molar-refractivity contribution is 7.93. The van der Waals surface area contributed by atoms with Crippen molar-refractivity contribution < 1.29 is 26.0 Å². The van der Waals surface area contributed by atoms with Gasteiger partial charge in [0, 0.05) is 5.56 Å². The molecule has 26 heavy (non-hydrogen) atoms. The van der Waals surface area contributed by atoms with Crippen LogP contribution in [0, 0.1) is 5.82 Å². The zero-order valence-electron chi connectivity index (χ0n) is 12.9. The molecule has 3 rings (SSSR count). The number of hydrogen-bond donors (Lipinski definition) is 1. The number of benzene rings is 1. The van der Waals surface area contributed by atoms with Gasteiger partial charge in [0.25, 0.3) is 0 Å². The zero-order chi connectivity index (χ0) is 19.3. The summed E-state index contributed by atoms with van der Waals surface area (Å²) in [7, 11) is -5.72. The summed E-state index contributed by atoms with van der Waals surface area (Å²) < 4.78 is 77.0. The van der Waals surface area contributed by atoms with Crippen molar-refractivity contribution in [3.8, 4) is 5.69 Å². The van der Waals surface area contributed by atoms with Gasteiger partial charge in [-0.2, -0.15) is 26.7 Å². The summed E-state index contributed by atoms with van der Waals surface area (Å²) in [6.07, 6.45) is 3.07. The molecule has 1 aliphatic rings. The van der Waals surface area contributed by atoms with Crippen molar-refractivity contribution in [2.45, 2.75) is 31.2 Å². The van der Waals surface area contributed by atoms with E-state index in [2.05, 4.69) is 5.10 Å². The Bertz CT molecular complexity index is 974. The van der Waals surface area contributed by atoms with Crippen LogP contribution >= 0.6 is 23.2 Å². The molecule has 0 amide bonds. The molecule has 2 aromatic rings. The first-order chi connectivity index (χ1) is 12.0. The fourth-order valence-electron chi connectivity index (χ4n) is 2.65. The van der Waals surface area contributed by atoms with E-state index in [4.69, 9.17) is 23.2 Å². The van der Waals surface area contributed by atoms with E-state index in [0.717, 1.165) is 29.2 Å². The Labute approximate surface area is 155 Å². The van der Waals surface area contributed by atoms with Gasteiger partial charge in [0.05, 0.1) is 16.4 Å². The maximum absolute atomic E-state index is 14.3. The highest BCUT2D eigenvalue weighted by atomic mass is 35.5. The number of sulfonamides is 1. The van der Waals surface area contributed by atoms with Gasteiger partial charge in [-0.3, -0.25) is 4.72 Å². The maximum atomic E-state index is 14.3. The van der Waals surface area contributed by atoms with Crippen LogP contribution in [-0.2, 0) is 22.9 Å². The number of alkyl halides is 3. The molecule has 0 aliphatic heterocycles. The minimum Gasteiger partial charge on any atom is -0.274 e. The monoisotopic (exact) mass is 431 g/mol. The van der Waals surface area contributed by atoms with E-state index < -0.39 is 32.1 Å². The number of anilines is 1. The second kappa shape index (κ2) is 6.58. The van der Waals surface area contributed by atoms with E-state index in [1.54, 1.807) is 0 Å². The Kier molecular flexibility index (Phi) is 4.87. The minimum atomic E-state index is -5.72. The Morgan fingerprint density at radius 2 is 1.81 bits per heavy atom. The lowest BCUT2D eigenvalue weighted by atomic mass is 9.99. The second-order valence-corrected chi connectivity index (χ2v) is 8.11. The SMILES string of the molecule is O=S(=O)(Nc1cc(-n2nc3c(c2Cl)CCCC3)c(F)cc1Cl)C(F)(F)F. The molecule has 0 atom stereocenters. The molecule has 1 aliphatic carbocycles. The number of fused-ring (bicyclic) bond motifs is 1. The van der Waals surface area contributed by atoms with E-state index in [9.17, 15) is 26.0 Å². The Morgan fingerprint density at radius 3 is 2.42 bits per heavy atom. The fraction of sp³-hybridized carbons (Fsp3) is 0.357. The molecule has 1 aromatic heterocycles. The third-order valence-electron chi connectivity index (χ3n) is 3.91. The smallest absolute Gasteiger partial charge is 0.274 e. The number of rotatable bonds is 3. The number of hydrogen-bond acceptors (Lipinski definition) is 3. The third kappa shape index (κ3) is 3.37. The van der Waals surface area contributed by atoms with Gasteiger partial charge in [-0.25, -0.2) is 9.07 Å². The molecule has 0 saturated heterocycles. The molecule has 5 nitrogen and oxygen atoms in total. The van der Waals surface area contributed by atoms with Crippen molar-refractivity contribution >= 4 is 38.9 Å². The Hall–Kier alpha value is -1.52. The molecule has 1 heterocycles. The van der Waals surface area contributed by atoms with Crippen LogP contribution in [0.3, 0.4) is 0 Å². The first-order valence-corrected chi connectivity index (χ1v) is 9.60. The lowest BCUT2D eigenvalue weighted by Crippen LogP contribution is -2.30. The van der Waals surface area contributed by atoms with Crippen LogP contribution in [0.5, 0.6) is 0 Å². The number of aryl methyl sites for hydroxylation is 1. The van der Waals surface area contributed by atoms with Crippen LogP contribution < -0.4 is 4.72 Å². The zero-order valence-corrected chi connectivity index (χ0v) is 15.2. The highest BCUT2D eigenvalue weighted by Gasteiger charge is 2.46. The van der Waals surface area contributed by atoms with Crippen LogP contribution in [0.2, 0.25) is 10.2 Å². The molecule has 0 bridgehead atoms. The number of halogens is 6. The summed E-state index contributed by atoms with van der Waals surface area (Å²) in [5.41, 5.74) is -5.08. The summed E-state index contributed by atoms with van der Waals surface area (Å²) in [6, 6.07) is 1.52. The summed E-state index contributed by atoms with van der Waals surface area (Å²) >= 11 is 11.9. The van der Waals surface area contributed by atoms with E-state index in [-0.39, 0.29) is 10.8 Å². The van der Waals surface area contributed by atoms with Crippen molar-refractivity contribution in [1.29, 1.82) is 0 Å². The summed E-state index contributed by atoms with van der Waals surface area (Å²) in [5.74, 6) is -0.910. The first-order valence-electron chi connectivity index (χ1n) is 7.36. The van der Waals surface area contributed by atoms with E-state index in [0.29, 0.717) is 24.6 Å². The van der Waals surface area contributed by atoms with Crippen LogP contribution in [0.4, 0.5) is 23.2 Å². The van der Waals surface area contributed by atoms with Crippen molar-refractivity contribution in [2.24, 2.45) is 0 Å². The van der Waals surface area contributed by atoms with Crippen LogP contribution in [0.25, 0.3) is 5.69 Å². The predicted molar refractivity (Wildman–Crippen MR) is 88.8 cm³/mol. The number of nitrogens with zero attached hydrogens (tertiary/aromatic N) is 2.